The molecule has 8 heteroatoms. The molecule has 0 N–H and O–H groups in total. The third-order valence-corrected chi connectivity index (χ3v) is 5.54. The number of hydrogen-bond donors (Lipinski definition) is 0. The Kier molecular flexibility index (Phi) is 7.87. The van der Waals surface area contributed by atoms with Crippen LogP contribution < -0.4 is 4.74 Å². The lowest BCUT2D eigenvalue weighted by molar-refractivity contribution is -0.135. The van der Waals surface area contributed by atoms with Gasteiger partial charge < -0.3 is 14.2 Å². The molecule has 1 atom stereocenters. The Hall–Kier alpha value is -2.38. The first kappa shape index (κ1) is 22.3. The smallest absolute Gasteiger partial charge is 0.260 e. The van der Waals surface area contributed by atoms with E-state index >= 15 is 0 Å². The number of carbonyl (C=O) groups is 1. The standard InChI is InChI=1S/C22H23BrClN3O3/c1-3-15(2)27(21(28)14-29-19-10-8-18(24)9-11-19)13-12-20-25-22(26-30-20)16-4-6-17(23)7-5-16/h4-11,15H,3,12-14H2,1-2H3. The number of carbonyl (C=O) groups excluding carboxylic acids is 1. The van der Waals surface area contributed by atoms with E-state index in [2.05, 4.69) is 26.1 Å². The predicted octanol–water partition coefficient (Wildman–Crippen LogP) is 5.40. The molecule has 30 heavy (non-hydrogen) atoms. The molecule has 6 nitrogen and oxygen atoms in total. The zero-order valence-corrected chi connectivity index (χ0v) is 19.2. The van der Waals surface area contributed by atoms with Gasteiger partial charge in [-0.2, -0.15) is 4.98 Å². The van der Waals surface area contributed by atoms with Crippen LogP contribution in [-0.4, -0.2) is 40.1 Å². The molecule has 1 amide bonds. The van der Waals surface area contributed by atoms with Gasteiger partial charge in [-0.3, -0.25) is 4.79 Å². The van der Waals surface area contributed by atoms with Gasteiger partial charge in [-0.05, 0) is 61.9 Å². The topological polar surface area (TPSA) is 68.5 Å². The molecule has 158 valence electrons. The fourth-order valence-electron chi connectivity index (χ4n) is 2.86. The predicted molar refractivity (Wildman–Crippen MR) is 120 cm³/mol. The van der Waals surface area contributed by atoms with Crippen molar-refractivity contribution in [3.8, 4) is 17.1 Å². The molecule has 0 fully saturated rings. The second-order valence-corrected chi connectivity index (χ2v) is 8.21. The number of rotatable bonds is 9. The number of benzene rings is 2. The zero-order chi connectivity index (χ0) is 21.5. The highest BCUT2D eigenvalue weighted by Gasteiger charge is 2.21. The van der Waals surface area contributed by atoms with Crippen LogP contribution in [0.4, 0.5) is 0 Å². The van der Waals surface area contributed by atoms with Gasteiger partial charge in [-0.25, -0.2) is 0 Å². The summed E-state index contributed by atoms with van der Waals surface area (Å²) in [6.07, 6.45) is 1.31. The van der Waals surface area contributed by atoms with Gasteiger partial charge in [0, 0.05) is 34.1 Å². The van der Waals surface area contributed by atoms with Gasteiger partial charge in [0.2, 0.25) is 11.7 Å². The average molecular weight is 493 g/mol. The molecule has 0 saturated heterocycles. The number of hydrogen-bond acceptors (Lipinski definition) is 5. The molecule has 0 bridgehead atoms. The fraction of sp³-hybridized carbons (Fsp3) is 0.318. The summed E-state index contributed by atoms with van der Waals surface area (Å²) in [5.74, 6) is 1.54. The zero-order valence-electron chi connectivity index (χ0n) is 16.8. The molecule has 0 aliphatic rings. The minimum Gasteiger partial charge on any atom is -0.484 e. The quantitative estimate of drug-likeness (QED) is 0.400. The number of amides is 1. The van der Waals surface area contributed by atoms with Gasteiger partial charge in [-0.15, -0.1) is 0 Å². The van der Waals surface area contributed by atoms with Crippen molar-refractivity contribution in [3.05, 3.63) is 63.9 Å². The molecule has 1 heterocycles. The third kappa shape index (κ3) is 6.06. The molecule has 0 radical (unpaired) electrons. The van der Waals surface area contributed by atoms with E-state index < -0.39 is 0 Å². The van der Waals surface area contributed by atoms with Crippen LogP contribution in [0.25, 0.3) is 11.4 Å². The molecule has 0 saturated carbocycles. The van der Waals surface area contributed by atoms with Crippen molar-refractivity contribution in [3.63, 3.8) is 0 Å². The molecule has 3 aromatic rings. The second kappa shape index (κ2) is 10.6. The Labute approximate surface area is 189 Å². The lowest BCUT2D eigenvalue weighted by atomic mass is 10.2. The molecule has 0 aliphatic carbocycles. The lowest BCUT2D eigenvalue weighted by Crippen LogP contribution is -2.42. The first-order chi connectivity index (χ1) is 14.5. The van der Waals surface area contributed by atoms with Crippen LogP contribution >= 0.6 is 27.5 Å². The Morgan fingerprint density at radius 1 is 1.20 bits per heavy atom. The minimum atomic E-state index is -0.0908. The monoisotopic (exact) mass is 491 g/mol. The largest absolute Gasteiger partial charge is 0.484 e. The van der Waals surface area contributed by atoms with E-state index in [0.29, 0.717) is 35.5 Å². The van der Waals surface area contributed by atoms with Gasteiger partial charge in [0.05, 0.1) is 0 Å². The molecule has 1 unspecified atom stereocenters. The Morgan fingerprint density at radius 2 is 1.90 bits per heavy atom. The Bertz CT molecular complexity index is 961. The summed E-state index contributed by atoms with van der Waals surface area (Å²) in [7, 11) is 0. The van der Waals surface area contributed by atoms with Gasteiger partial charge in [0.25, 0.3) is 5.91 Å². The van der Waals surface area contributed by atoms with E-state index in [4.69, 9.17) is 20.9 Å². The van der Waals surface area contributed by atoms with Crippen molar-refractivity contribution in [1.82, 2.24) is 15.0 Å². The third-order valence-electron chi connectivity index (χ3n) is 4.76. The van der Waals surface area contributed by atoms with E-state index in [1.807, 2.05) is 38.1 Å². The van der Waals surface area contributed by atoms with Crippen LogP contribution in [0, 0.1) is 0 Å². The molecule has 3 rings (SSSR count). The van der Waals surface area contributed by atoms with Crippen LogP contribution in [0.1, 0.15) is 26.2 Å². The van der Waals surface area contributed by atoms with Gasteiger partial charge in [-0.1, -0.05) is 39.6 Å². The van der Waals surface area contributed by atoms with Crippen molar-refractivity contribution >= 4 is 33.4 Å². The first-order valence-electron chi connectivity index (χ1n) is 9.72. The summed E-state index contributed by atoms with van der Waals surface area (Å²) in [5.41, 5.74) is 0.874. The molecular weight excluding hydrogens is 470 g/mol. The van der Waals surface area contributed by atoms with Gasteiger partial charge in [0.1, 0.15) is 5.75 Å². The van der Waals surface area contributed by atoms with Crippen LogP contribution in [0.15, 0.2) is 57.5 Å². The lowest BCUT2D eigenvalue weighted by Gasteiger charge is -2.28. The molecule has 0 aliphatic heterocycles. The minimum absolute atomic E-state index is 0.0417. The molecule has 1 aromatic heterocycles. The van der Waals surface area contributed by atoms with Gasteiger partial charge in [0.15, 0.2) is 6.61 Å². The summed E-state index contributed by atoms with van der Waals surface area (Å²) < 4.78 is 12.0. The molecule has 2 aromatic carbocycles. The summed E-state index contributed by atoms with van der Waals surface area (Å²) in [6.45, 7) is 4.49. The van der Waals surface area contributed by atoms with Crippen LogP contribution in [-0.2, 0) is 11.2 Å². The van der Waals surface area contributed by atoms with E-state index in [1.165, 1.54) is 0 Å². The normalized spacial score (nSPS) is 11.9. The van der Waals surface area contributed by atoms with Crippen molar-refractivity contribution in [2.24, 2.45) is 0 Å². The Balaban J connectivity index is 1.60. The molecular formula is C22H23BrClN3O3. The van der Waals surface area contributed by atoms with Gasteiger partial charge >= 0.3 is 0 Å². The summed E-state index contributed by atoms with van der Waals surface area (Å²) >= 11 is 9.29. The summed E-state index contributed by atoms with van der Waals surface area (Å²) in [4.78, 5) is 19.0. The van der Waals surface area contributed by atoms with Crippen molar-refractivity contribution in [2.75, 3.05) is 13.2 Å². The number of halogens is 2. The number of nitrogens with zero attached hydrogens (tertiary/aromatic N) is 3. The fourth-order valence-corrected chi connectivity index (χ4v) is 3.25. The number of ether oxygens (including phenoxy) is 1. The van der Waals surface area contributed by atoms with E-state index in [1.54, 1.807) is 29.2 Å². The van der Waals surface area contributed by atoms with Crippen molar-refractivity contribution in [1.29, 1.82) is 0 Å². The van der Waals surface area contributed by atoms with E-state index in [9.17, 15) is 4.79 Å². The highest BCUT2D eigenvalue weighted by Crippen LogP contribution is 2.20. The van der Waals surface area contributed by atoms with Crippen LogP contribution in [0.3, 0.4) is 0 Å². The van der Waals surface area contributed by atoms with Crippen molar-refractivity contribution in [2.45, 2.75) is 32.7 Å². The SMILES string of the molecule is CCC(C)N(CCc1nc(-c2ccc(Br)cc2)no1)C(=O)COc1ccc(Cl)cc1. The summed E-state index contributed by atoms with van der Waals surface area (Å²) in [5, 5.41) is 4.67. The van der Waals surface area contributed by atoms with Crippen LogP contribution in [0.2, 0.25) is 5.02 Å². The second-order valence-electron chi connectivity index (χ2n) is 6.86. The average Bonchev–Trinajstić information content (AvgIpc) is 3.22. The van der Waals surface area contributed by atoms with E-state index in [0.717, 1.165) is 16.5 Å². The maximum absolute atomic E-state index is 12.8. The highest BCUT2D eigenvalue weighted by molar-refractivity contribution is 9.10. The Morgan fingerprint density at radius 3 is 2.57 bits per heavy atom. The van der Waals surface area contributed by atoms with E-state index in [-0.39, 0.29) is 18.6 Å². The highest BCUT2D eigenvalue weighted by atomic mass is 79.9. The first-order valence-corrected chi connectivity index (χ1v) is 10.9. The van der Waals surface area contributed by atoms with Crippen LogP contribution in [0.5, 0.6) is 5.75 Å². The summed E-state index contributed by atoms with van der Waals surface area (Å²) in [6, 6.07) is 14.7. The maximum Gasteiger partial charge on any atom is 0.260 e. The molecule has 0 spiro atoms. The maximum atomic E-state index is 12.8. The van der Waals surface area contributed by atoms with Crippen molar-refractivity contribution < 1.29 is 14.1 Å². The number of aromatic nitrogens is 2.